The molecule has 3 N–H and O–H groups in total. The highest BCUT2D eigenvalue weighted by atomic mass is 16.5. The first-order valence-electron chi connectivity index (χ1n) is 5.82. The maximum Gasteiger partial charge on any atom is 0.423 e. The van der Waals surface area contributed by atoms with Crippen molar-refractivity contribution in [1.82, 2.24) is 21.0 Å². The molecule has 8 nitrogen and oxygen atoms in total. The van der Waals surface area contributed by atoms with E-state index in [1.807, 2.05) is 12.3 Å². The fourth-order valence-corrected chi connectivity index (χ4v) is 1.46. The van der Waals surface area contributed by atoms with Crippen molar-refractivity contribution in [2.45, 2.75) is 13.3 Å². The van der Waals surface area contributed by atoms with E-state index in [9.17, 15) is 9.59 Å². The first-order chi connectivity index (χ1) is 9.60. The van der Waals surface area contributed by atoms with E-state index in [0.29, 0.717) is 29.3 Å². The second kappa shape index (κ2) is 5.83. The van der Waals surface area contributed by atoms with Gasteiger partial charge in [0.05, 0.1) is 0 Å². The maximum absolute atomic E-state index is 11.6. The quantitative estimate of drug-likeness (QED) is 0.725. The molecule has 0 aliphatic heterocycles. The molecule has 2 amide bonds. The first kappa shape index (κ1) is 13.5. The summed E-state index contributed by atoms with van der Waals surface area (Å²) in [6.45, 7) is 1.91. The monoisotopic (exact) mass is 276 g/mol. The summed E-state index contributed by atoms with van der Waals surface area (Å²) in [7, 11) is 0. The van der Waals surface area contributed by atoms with Gasteiger partial charge in [-0.3, -0.25) is 10.2 Å². The highest BCUT2D eigenvalue weighted by Crippen LogP contribution is 2.17. The number of rotatable bonds is 3. The highest BCUT2D eigenvalue weighted by Gasteiger charge is 2.10. The molecule has 0 aliphatic rings. The molecule has 1 heterocycles. The number of carbonyl (C=O) groups is 2. The Morgan fingerprint density at radius 1 is 1.25 bits per heavy atom. The second-order valence-corrected chi connectivity index (χ2v) is 3.83. The van der Waals surface area contributed by atoms with Crippen molar-refractivity contribution < 1.29 is 19.2 Å². The molecule has 20 heavy (non-hydrogen) atoms. The zero-order valence-electron chi connectivity index (χ0n) is 10.6. The molecule has 0 bridgehead atoms. The van der Waals surface area contributed by atoms with Gasteiger partial charge in [0.25, 0.3) is 11.8 Å². The van der Waals surface area contributed by atoms with Gasteiger partial charge in [-0.2, -0.15) is 4.98 Å². The number of nitrogens with one attached hydrogen (secondary N) is 2. The van der Waals surface area contributed by atoms with Crippen LogP contribution in [0.5, 0.6) is 0 Å². The summed E-state index contributed by atoms with van der Waals surface area (Å²) in [5.74, 6) is 0.420. The van der Waals surface area contributed by atoms with Crippen molar-refractivity contribution in [2.24, 2.45) is 0 Å². The van der Waals surface area contributed by atoms with Crippen LogP contribution in [-0.2, 0) is 6.42 Å². The lowest BCUT2D eigenvalue weighted by molar-refractivity contribution is 0.0926. The Morgan fingerprint density at radius 2 is 1.95 bits per heavy atom. The van der Waals surface area contributed by atoms with Crippen LogP contribution in [0, 0.1) is 0 Å². The summed E-state index contributed by atoms with van der Waals surface area (Å²) >= 11 is 0. The number of nitrogens with zero attached hydrogens (tertiary/aromatic N) is 2. The number of aromatic nitrogens is 2. The number of aryl methyl sites for hydroxylation is 1. The first-order valence-corrected chi connectivity index (χ1v) is 5.82. The number of carboxylic acid groups (broad SMARTS) is 1. The SMILES string of the molecule is CCc1noc(-c2ccc(C(=O)NNC(=O)O)cc2)n1. The van der Waals surface area contributed by atoms with Crippen LogP contribution in [0.1, 0.15) is 23.1 Å². The Hall–Kier alpha value is -2.90. The standard InChI is InChI=1S/C12H12N4O4/c1-2-9-13-11(20-16-9)8-5-3-7(4-6-8)10(17)14-15-12(18)19/h3-6,15H,2H2,1H3,(H,14,17)(H,18,19). The normalized spacial score (nSPS) is 10.1. The van der Waals surface area contributed by atoms with Crippen LogP contribution in [0.3, 0.4) is 0 Å². The summed E-state index contributed by atoms with van der Waals surface area (Å²) in [6, 6.07) is 6.35. The third-order valence-electron chi connectivity index (χ3n) is 2.46. The van der Waals surface area contributed by atoms with E-state index in [2.05, 4.69) is 10.1 Å². The number of benzene rings is 1. The molecule has 0 saturated carbocycles. The topological polar surface area (TPSA) is 117 Å². The Morgan fingerprint density at radius 3 is 2.50 bits per heavy atom. The zero-order valence-corrected chi connectivity index (χ0v) is 10.6. The van der Waals surface area contributed by atoms with Crippen LogP contribution in [0.2, 0.25) is 0 Å². The van der Waals surface area contributed by atoms with Gasteiger partial charge in [0.1, 0.15) is 0 Å². The predicted octanol–water partition coefficient (Wildman–Crippen LogP) is 1.21. The summed E-state index contributed by atoms with van der Waals surface area (Å²) in [5, 5.41) is 12.2. The molecule has 1 aromatic carbocycles. The van der Waals surface area contributed by atoms with E-state index >= 15 is 0 Å². The molecule has 1 aromatic heterocycles. The molecule has 104 valence electrons. The van der Waals surface area contributed by atoms with Gasteiger partial charge in [-0.1, -0.05) is 12.1 Å². The molecule has 2 rings (SSSR count). The smallest absolute Gasteiger partial charge is 0.423 e. The largest absolute Gasteiger partial charge is 0.464 e. The van der Waals surface area contributed by atoms with Crippen LogP contribution in [0.25, 0.3) is 11.5 Å². The van der Waals surface area contributed by atoms with E-state index in [1.54, 1.807) is 17.6 Å². The lowest BCUT2D eigenvalue weighted by atomic mass is 10.1. The molecule has 0 fully saturated rings. The number of hydrazine groups is 1. The number of amides is 2. The van der Waals surface area contributed by atoms with Crippen LogP contribution >= 0.6 is 0 Å². The molecule has 0 atom stereocenters. The zero-order chi connectivity index (χ0) is 14.5. The van der Waals surface area contributed by atoms with E-state index < -0.39 is 12.0 Å². The van der Waals surface area contributed by atoms with Gasteiger partial charge in [-0.25, -0.2) is 10.2 Å². The lowest BCUT2D eigenvalue weighted by Gasteiger charge is -2.04. The molecular formula is C12H12N4O4. The summed E-state index contributed by atoms with van der Waals surface area (Å²) in [4.78, 5) is 26.0. The van der Waals surface area contributed by atoms with Crippen molar-refractivity contribution in [2.75, 3.05) is 0 Å². The predicted molar refractivity (Wildman–Crippen MR) is 67.7 cm³/mol. The molecule has 0 unspecified atom stereocenters. The Kier molecular flexibility index (Phi) is 3.94. The molecule has 0 spiro atoms. The molecule has 0 saturated heterocycles. The van der Waals surface area contributed by atoms with Crippen molar-refractivity contribution >= 4 is 12.0 Å². The summed E-state index contributed by atoms with van der Waals surface area (Å²) in [6.07, 6.45) is -0.668. The van der Waals surface area contributed by atoms with E-state index in [0.717, 1.165) is 0 Å². The van der Waals surface area contributed by atoms with Crippen molar-refractivity contribution in [3.8, 4) is 11.5 Å². The minimum atomic E-state index is -1.34. The molecule has 0 aliphatic carbocycles. The van der Waals surface area contributed by atoms with Gasteiger partial charge in [0, 0.05) is 17.5 Å². The molecule has 8 heteroatoms. The minimum Gasteiger partial charge on any atom is -0.464 e. The Balaban J connectivity index is 2.09. The molecular weight excluding hydrogens is 264 g/mol. The fraction of sp³-hybridized carbons (Fsp3) is 0.167. The van der Waals surface area contributed by atoms with Crippen LogP contribution in [0.4, 0.5) is 4.79 Å². The number of hydrogen-bond acceptors (Lipinski definition) is 5. The average Bonchev–Trinajstić information content (AvgIpc) is 2.94. The van der Waals surface area contributed by atoms with Gasteiger partial charge >= 0.3 is 6.09 Å². The lowest BCUT2D eigenvalue weighted by Crippen LogP contribution is -2.40. The highest BCUT2D eigenvalue weighted by molar-refractivity contribution is 5.95. The van der Waals surface area contributed by atoms with Gasteiger partial charge < -0.3 is 9.63 Å². The van der Waals surface area contributed by atoms with Gasteiger partial charge in [0.15, 0.2) is 5.82 Å². The number of hydrogen-bond donors (Lipinski definition) is 3. The fourth-order valence-electron chi connectivity index (χ4n) is 1.46. The second-order valence-electron chi connectivity index (χ2n) is 3.83. The van der Waals surface area contributed by atoms with Crippen molar-refractivity contribution in [3.63, 3.8) is 0 Å². The summed E-state index contributed by atoms with van der Waals surface area (Å²) < 4.78 is 5.07. The Labute approximate surface area is 113 Å². The average molecular weight is 276 g/mol. The van der Waals surface area contributed by atoms with E-state index in [1.165, 1.54) is 12.1 Å². The van der Waals surface area contributed by atoms with Crippen LogP contribution in [-0.4, -0.2) is 27.2 Å². The molecule has 0 radical (unpaired) electrons. The van der Waals surface area contributed by atoms with Gasteiger partial charge in [-0.15, -0.1) is 0 Å². The summed E-state index contributed by atoms with van der Waals surface area (Å²) in [5.41, 5.74) is 4.79. The van der Waals surface area contributed by atoms with E-state index in [4.69, 9.17) is 9.63 Å². The van der Waals surface area contributed by atoms with Crippen LogP contribution in [0.15, 0.2) is 28.8 Å². The van der Waals surface area contributed by atoms with E-state index in [-0.39, 0.29) is 0 Å². The van der Waals surface area contributed by atoms with Crippen molar-refractivity contribution in [3.05, 3.63) is 35.7 Å². The third kappa shape index (κ3) is 3.10. The van der Waals surface area contributed by atoms with Crippen LogP contribution < -0.4 is 10.9 Å². The Bertz CT molecular complexity index is 621. The maximum atomic E-state index is 11.6. The van der Waals surface area contributed by atoms with Crippen molar-refractivity contribution in [1.29, 1.82) is 0 Å². The number of carbonyl (C=O) groups excluding carboxylic acids is 1. The van der Waals surface area contributed by atoms with Gasteiger partial charge in [0.2, 0.25) is 0 Å². The van der Waals surface area contributed by atoms with Gasteiger partial charge in [-0.05, 0) is 24.3 Å². The minimum absolute atomic E-state index is 0.303. The molecule has 2 aromatic rings. The third-order valence-corrected chi connectivity index (χ3v) is 2.46.